The molecule has 0 aliphatic heterocycles. The third-order valence-corrected chi connectivity index (χ3v) is 3.63. The Morgan fingerprint density at radius 1 is 1.12 bits per heavy atom. The highest BCUT2D eigenvalue weighted by atomic mass is 19.4. The van der Waals surface area contributed by atoms with Crippen molar-refractivity contribution in [2.45, 2.75) is 45.3 Å². The van der Waals surface area contributed by atoms with Gasteiger partial charge in [-0.25, -0.2) is 0 Å². The molecule has 9 heteroatoms. The first kappa shape index (κ1) is 19.6. The standard InChI is InChI=1S/C17H20F3N5O/c1-3-13(10-9-12-7-5-4-6-8-12)22-16-24-14(17(18,19)20)23-15(25-16)21-11(2)26/h4-8,13H,3,9-10H2,1-2H3,(H2,21,22,23,24,25,26). The molecule has 1 atom stereocenters. The number of nitrogens with one attached hydrogen (secondary N) is 2. The maximum absolute atomic E-state index is 13.0. The van der Waals surface area contributed by atoms with Crippen LogP contribution in [0.15, 0.2) is 30.3 Å². The summed E-state index contributed by atoms with van der Waals surface area (Å²) in [6.07, 6.45) is -2.60. The quantitative estimate of drug-likeness (QED) is 0.780. The minimum Gasteiger partial charge on any atom is -0.351 e. The van der Waals surface area contributed by atoms with Gasteiger partial charge in [-0.2, -0.15) is 28.1 Å². The molecule has 0 fully saturated rings. The Hall–Kier alpha value is -2.71. The summed E-state index contributed by atoms with van der Waals surface area (Å²) >= 11 is 0. The van der Waals surface area contributed by atoms with Gasteiger partial charge in [0.05, 0.1) is 0 Å². The van der Waals surface area contributed by atoms with Gasteiger partial charge in [0.25, 0.3) is 0 Å². The molecule has 1 amide bonds. The van der Waals surface area contributed by atoms with Crippen molar-refractivity contribution in [3.8, 4) is 0 Å². The third kappa shape index (κ3) is 5.98. The third-order valence-electron chi connectivity index (χ3n) is 3.63. The summed E-state index contributed by atoms with van der Waals surface area (Å²) in [4.78, 5) is 21.7. The molecule has 0 saturated heterocycles. The van der Waals surface area contributed by atoms with E-state index in [-0.39, 0.29) is 12.0 Å². The number of hydrogen-bond acceptors (Lipinski definition) is 5. The molecule has 0 spiro atoms. The highest BCUT2D eigenvalue weighted by molar-refractivity contribution is 5.86. The molecule has 0 aliphatic carbocycles. The molecular weight excluding hydrogens is 347 g/mol. The van der Waals surface area contributed by atoms with Gasteiger partial charge in [-0.05, 0) is 24.8 Å². The zero-order valence-corrected chi connectivity index (χ0v) is 14.5. The molecule has 0 bridgehead atoms. The highest BCUT2D eigenvalue weighted by Gasteiger charge is 2.36. The van der Waals surface area contributed by atoms with Crippen LogP contribution in [0.5, 0.6) is 0 Å². The van der Waals surface area contributed by atoms with Gasteiger partial charge in [0.15, 0.2) is 0 Å². The Labute approximate surface area is 149 Å². The maximum atomic E-state index is 13.0. The van der Waals surface area contributed by atoms with Gasteiger partial charge in [0, 0.05) is 13.0 Å². The average molecular weight is 367 g/mol. The van der Waals surface area contributed by atoms with E-state index in [1.807, 2.05) is 37.3 Å². The van der Waals surface area contributed by atoms with Crippen LogP contribution in [0.4, 0.5) is 25.1 Å². The molecule has 6 nitrogen and oxygen atoms in total. The van der Waals surface area contributed by atoms with Gasteiger partial charge < -0.3 is 5.32 Å². The number of aryl methyl sites for hydroxylation is 1. The van der Waals surface area contributed by atoms with E-state index in [1.54, 1.807) is 0 Å². The molecule has 26 heavy (non-hydrogen) atoms. The van der Waals surface area contributed by atoms with Crippen molar-refractivity contribution in [3.05, 3.63) is 41.7 Å². The van der Waals surface area contributed by atoms with E-state index < -0.39 is 23.9 Å². The van der Waals surface area contributed by atoms with E-state index >= 15 is 0 Å². The van der Waals surface area contributed by atoms with Crippen LogP contribution in [0.2, 0.25) is 0 Å². The van der Waals surface area contributed by atoms with Gasteiger partial charge >= 0.3 is 6.18 Å². The van der Waals surface area contributed by atoms with E-state index in [0.29, 0.717) is 12.8 Å². The van der Waals surface area contributed by atoms with Gasteiger partial charge in [-0.3, -0.25) is 10.1 Å². The first-order valence-corrected chi connectivity index (χ1v) is 8.19. The molecule has 1 aromatic heterocycles. The van der Waals surface area contributed by atoms with Crippen LogP contribution in [0.3, 0.4) is 0 Å². The largest absolute Gasteiger partial charge is 0.451 e. The minimum absolute atomic E-state index is 0.121. The number of rotatable bonds is 7. The molecule has 2 N–H and O–H groups in total. The van der Waals surface area contributed by atoms with Crippen LogP contribution in [0.25, 0.3) is 0 Å². The fraction of sp³-hybridized carbons (Fsp3) is 0.412. The number of carbonyl (C=O) groups is 1. The smallest absolute Gasteiger partial charge is 0.351 e. The molecule has 2 aromatic rings. The lowest BCUT2D eigenvalue weighted by Gasteiger charge is -2.18. The number of amides is 1. The number of carbonyl (C=O) groups excluding carboxylic acids is 1. The second-order valence-electron chi connectivity index (χ2n) is 5.76. The van der Waals surface area contributed by atoms with Crippen molar-refractivity contribution in [2.24, 2.45) is 0 Å². The Bertz CT molecular complexity index is 737. The van der Waals surface area contributed by atoms with Crippen molar-refractivity contribution in [3.63, 3.8) is 0 Å². The summed E-state index contributed by atoms with van der Waals surface area (Å²) < 4.78 is 38.9. The minimum atomic E-state index is -4.74. The molecule has 140 valence electrons. The lowest BCUT2D eigenvalue weighted by Crippen LogP contribution is -2.24. The fourth-order valence-corrected chi connectivity index (χ4v) is 2.33. The fourth-order valence-electron chi connectivity index (χ4n) is 2.33. The number of hydrogen-bond donors (Lipinski definition) is 2. The average Bonchev–Trinajstić information content (AvgIpc) is 2.58. The number of aromatic nitrogens is 3. The van der Waals surface area contributed by atoms with E-state index in [9.17, 15) is 18.0 Å². The number of nitrogens with zero attached hydrogens (tertiary/aromatic N) is 3. The molecule has 0 radical (unpaired) electrons. The lowest BCUT2D eigenvalue weighted by atomic mass is 10.0. The van der Waals surface area contributed by atoms with Gasteiger partial charge in [0.2, 0.25) is 23.6 Å². The highest BCUT2D eigenvalue weighted by Crippen LogP contribution is 2.27. The van der Waals surface area contributed by atoms with Crippen molar-refractivity contribution in [2.75, 3.05) is 10.6 Å². The summed E-state index contributed by atoms with van der Waals surface area (Å²) in [5.41, 5.74) is 1.14. The summed E-state index contributed by atoms with van der Waals surface area (Å²) in [6, 6.07) is 9.66. The van der Waals surface area contributed by atoms with E-state index in [2.05, 4.69) is 25.6 Å². The predicted molar refractivity (Wildman–Crippen MR) is 91.6 cm³/mol. The maximum Gasteiger partial charge on any atom is 0.451 e. The number of halogens is 3. The topological polar surface area (TPSA) is 79.8 Å². The first-order valence-electron chi connectivity index (χ1n) is 8.19. The van der Waals surface area contributed by atoms with Gasteiger partial charge in [-0.1, -0.05) is 37.3 Å². The van der Waals surface area contributed by atoms with E-state index in [1.165, 1.54) is 6.92 Å². The summed E-state index contributed by atoms with van der Waals surface area (Å²) in [7, 11) is 0. The van der Waals surface area contributed by atoms with Crippen molar-refractivity contribution in [1.82, 2.24) is 15.0 Å². The number of anilines is 2. The monoisotopic (exact) mass is 367 g/mol. The summed E-state index contributed by atoms with van der Waals surface area (Å²) in [5.74, 6) is -2.56. The van der Waals surface area contributed by atoms with Crippen molar-refractivity contribution in [1.29, 1.82) is 0 Å². The molecule has 2 rings (SSSR count). The van der Waals surface area contributed by atoms with Crippen molar-refractivity contribution >= 4 is 17.8 Å². The molecule has 1 unspecified atom stereocenters. The molecular formula is C17H20F3N5O. The number of alkyl halides is 3. The van der Waals surface area contributed by atoms with Crippen LogP contribution >= 0.6 is 0 Å². The predicted octanol–water partition coefficient (Wildman–Crippen LogP) is 3.67. The second kappa shape index (κ2) is 8.59. The summed E-state index contributed by atoms with van der Waals surface area (Å²) in [6.45, 7) is 3.09. The van der Waals surface area contributed by atoms with E-state index in [4.69, 9.17) is 0 Å². The Balaban J connectivity index is 2.15. The van der Waals surface area contributed by atoms with Crippen molar-refractivity contribution < 1.29 is 18.0 Å². The Morgan fingerprint density at radius 2 is 1.77 bits per heavy atom. The molecule has 0 aliphatic rings. The Morgan fingerprint density at radius 3 is 2.35 bits per heavy atom. The molecule has 0 saturated carbocycles. The van der Waals surface area contributed by atoms with Crippen LogP contribution in [0.1, 0.15) is 38.1 Å². The van der Waals surface area contributed by atoms with Gasteiger partial charge in [-0.15, -0.1) is 0 Å². The zero-order valence-electron chi connectivity index (χ0n) is 14.5. The SMILES string of the molecule is CCC(CCc1ccccc1)Nc1nc(NC(C)=O)nc(C(F)(F)F)n1. The molecule has 1 aromatic carbocycles. The van der Waals surface area contributed by atoms with Gasteiger partial charge in [0.1, 0.15) is 0 Å². The Kier molecular flexibility index (Phi) is 6.48. The summed E-state index contributed by atoms with van der Waals surface area (Å²) in [5, 5.41) is 5.08. The van der Waals surface area contributed by atoms with Crippen LogP contribution in [-0.2, 0) is 17.4 Å². The van der Waals surface area contributed by atoms with E-state index in [0.717, 1.165) is 12.0 Å². The number of benzene rings is 1. The normalized spacial score (nSPS) is 12.5. The van der Waals surface area contributed by atoms with Crippen LogP contribution in [0, 0.1) is 0 Å². The first-order chi connectivity index (χ1) is 12.3. The second-order valence-corrected chi connectivity index (χ2v) is 5.76. The lowest BCUT2D eigenvalue weighted by molar-refractivity contribution is -0.145. The van der Waals surface area contributed by atoms with Crippen LogP contribution < -0.4 is 10.6 Å². The zero-order chi connectivity index (χ0) is 19.2. The molecule has 1 heterocycles. The van der Waals surface area contributed by atoms with Crippen LogP contribution in [-0.4, -0.2) is 26.9 Å².